The molecule has 0 spiro atoms. The molecule has 7 nitrogen and oxygen atoms in total. The first-order chi connectivity index (χ1) is 9.13. The molecule has 2 rings (SSSR count). The number of hydrogen-bond donors (Lipinski definition) is 2. The number of carbonyl (C=O) groups is 2. The number of aromatic carboxylic acids is 1. The smallest absolute Gasteiger partial charge is 0.410 e. The lowest BCUT2D eigenvalue weighted by atomic mass is 10.1. The van der Waals surface area contributed by atoms with Gasteiger partial charge in [-0.15, -0.1) is 0 Å². The Balaban J connectivity index is 1.98. The monoisotopic (exact) mass is 267 g/mol. The molecular weight excluding hydrogens is 250 g/mol. The number of hydrogen-bond acceptors (Lipinski definition) is 4. The van der Waals surface area contributed by atoms with Crippen molar-refractivity contribution in [3.05, 3.63) is 17.0 Å². The maximum absolute atomic E-state index is 11.8. The van der Waals surface area contributed by atoms with Crippen LogP contribution in [-0.4, -0.2) is 45.4 Å². The van der Waals surface area contributed by atoms with Crippen LogP contribution in [0.25, 0.3) is 0 Å². The van der Waals surface area contributed by atoms with Gasteiger partial charge in [0.25, 0.3) is 0 Å². The van der Waals surface area contributed by atoms with Crippen molar-refractivity contribution in [3.63, 3.8) is 0 Å². The van der Waals surface area contributed by atoms with E-state index in [0.29, 0.717) is 37.4 Å². The molecule has 0 fully saturated rings. The highest BCUT2D eigenvalue weighted by atomic mass is 16.6. The lowest BCUT2D eigenvalue weighted by Gasteiger charge is -2.25. The van der Waals surface area contributed by atoms with Gasteiger partial charge in [0.1, 0.15) is 0 Å². The second-order valence-corrected chi connectivity index (χ2v) is 4.47. The molecule has 1 amide bonds. The highest BCUT2D eigenvalue weighted by molar-refractivity contribution is 5.87. The number of carboxylic acids is 1. The number of ether oxygens (including phenoxy) is 1. The number of aromatic amines is 1. The number of fused-ring (bicyclic) bond motifs is 1. The molecule has 1 aliphatic heterocycles. The summed E-state index contributed by atoms with van der Waals surface area (Å²) in [4.78, 5) is 24.3. The maximum atomic E-state index is 11.8. The molecule has 0 aliphatic carbocycles. The molecule has 1 aromatic rings. The molecule has 0 aromatic carbocycles. The van der Waals surface area contributed by atoms with Crippen molar-refractivity contribution in [2.45, 2.75) is 32.7 Å². The van der Waals surface area contributed by atoms with Crippen molar-refractivity contribution in [1.82, 2.24) is 15.1 Å². The third kappa shape index (κ3) is 2.86. The van der Waals surface area contributed by atoms with Crippen LogP contribution in [0.4, 0.5) is 4.79 Å². The zero-order valence-corrected chi connectivity index (χ0v) is 10.8. The number of amides is 1. The largest absolute Gasteiger partial charge is 0.476 e. The first-order valence-electron chi connectivity index (χ1n) is 6.34. The van der Waals surface area contributed by atoms with E-state index in [9.17, 15) is 9.59 Å². The Labute approximate surface area is 110 Å². The maximum Gasteiger partial charge on any atom is 0.410 e. The second kappa shape index (κ2) is 5.73. The minimum absolute atomic E-state index is 0.0500. The average Bonchev–Trinajstić information content (AvgIpc) is 2.81. The van der Waals surface area contributed by atoms with Gasteiger partial charge in [0.15, 0.2) is 5.69 Å². The van der Waals surface area contributed by atoms with Gasteiger partial charge in [-0.2, -0.15) is 5.10 Å². The molecule has 7 heteroatoms. The Morgan fingerprint density at radius 2 is 2.32 bits per heavy atom. The van der Waals surface area contributed by atoms with E-state index < -0.39 is 5.97 Å². The van der Waals surface area contributed by atoms with Crippen molar-refractivity contribution >= 4 is 12.1 Å². The van der Waals surface area contributed by atoms with Crippen LogP contribution in [0.5, 0.6) is 0 Å². The lowest BCUT2D eigenvalue weighted by Crippen LogP contribution is -2.36. The molecule has 104 valence electrons. The molecule has 1 aromatic heterocycles. The van der Waals surface area contributed by atoms with Crippen molar-refractivity contribution in [2.75, 3.05) is 13.2 Å². The van der Waals surface area contributed by atoms with E-state index in [0.717, 1.165) is 12.8 Å². The highest BCUT2D eigenvalue weighted by Gasteiger charge is 2.27. The number of unbranched alkanes of at least 4 members (excludes halogenated alkanes) is 1. The third-order valence-electron chi connectivity index (χ3n) is 3.12. The van der Waals surface area contributed by atoms with E-state index in [-0.39, 0.29) is 11.8 Å². The molecule has 0 radical (unpaired) electrons. The number of carbonyl (C=O) groups excluding carboxylic acids is 1. The van der Waals surface area contributed by atoms with E-state index >= 15 is 0 Å². The first kappa shape index (κ1) is 13.4. The average molecular weight is 267 g/mol. The predicted octanol–water partition coefficient (Wildman–Crippen LogP) is 1.40. The lowest BCUT2D eigenvalue weighted by molar-refractivity contribution is 0.0689. The van der Waals surface area contributed by atoms with Crippen molar-refractivity contribution in [2.24, 2.45) is 0 Å². The number of nitrogens with zero attached hydrogens (tertiary/aromatic N) is 2. The second-order valence-electron chi connectivity index (χ2n) is 4.47. The van der Waals surface area contributed by atoms with E-state index in [1.165, 1.54) is 0 Å². The quantitative estimate of drug-likeness (QED) is 0.804. The highest BCUT2D eigenvalue weighted by Crippen LogP contribution is 2.20. The van der Waals surface area contributed by atoms with Crippen LogP contribution in [0.1, 0.15) is 41.5 Å². The number of carboxylic acid groups (broad SMARTS) is 1. The van der Waals surface area contributed by atoms with Gasteiger partial charge in [-0.3, -0.25) is 5.10 Å². The van der Waals surface area contributed by atoms with E-state index in [4.69, 9.17) is 9.84 Å². The van der Waals surface area contributed by atoms with Crippen molar-refractivity contribution < 1.29 is 19.4 Å². The molecule has 2 N–H and O–H groups in total. The van der Waals surface area contributed by atoms with Crippen molar-refractivity contribution in [1.29, 1.82) is 0 Å². The number of aromatic nitrogens is 2. The van der Waals surface area contributed by atoms with Crippen LogP contribution in [-0.2, 0) is 17.7 Å². The Bertz CT molecular complexity index is 483. The number of rotatable bonds is 4. The zero-order chi connectivity index (χ0) is 13.8. The predicted molar refractivity (Wildman–Crippen MR) is 65.9 cm³/mol. The van der Waals surface area contributed by atoms with E-state index in [1.807, 2.05) is 6.92 Å². The molecule has 0 bridgehead atoms. The SMILES string of the molecule is CCCCOC(=O)N1CCc2c(C(=O)O)n[nH]c2C1. The normalized spacial score (nSPS) is 14.1. The van der Waals surface area contributed by atoms with Crippen molar-refractivity contribution in [3.8, 4) is 0 Å². The van der Waals surface area contributed by atoms with Crippen LogP contribution in [0.2, 0.25) is 0 Å². The summed E-state index contributed by atoms with van der Waals surface area (Å²) in [6, 6.07) is 0. The van der Waals surface area contributed by atoms with E-state index in [1.54, 1.807) is 4.90 Å². The van der Waals surface area contributed by atoms with Gasteiger partial charge in [0.05, 0.1) is 18.8 Å². The fourth-order valence-electron chi connectivity index (χ4n) is 2.05. The molecule has 0 unspecified atom stereocenters. The van der Waals surface area contributed by atoms with Crippen LogP contribution in [0.15, 0.2) is 0 Å². The van der Waals surface area contributed by atoms with Gasteiger partial charge in [0, 0.05) is 12.1 Å². The van der Waals surface area contributed by atoms with Gasteiger partial charge in [-0.1, -0.05) is 13.3 Å². The van der Waals surface area contributed by atoms with Gasteiger partial charge in [-0.05, 0) is 12.8 Å². The summed E-state index contributed by atoms with van der Waals surface area (Å²) in [6.45, 7) is 3.22. The molecule has 19 heavy (non-hydrogen) atoms. The first-order valence-corrected chi connectivity index (χ1v) is 6.34. The molecule has 2 heterocycles. The van der Waals surface area contributed by atoms with E-state index in [2.05, 4.69) is 10.2 Å². The minimum atomic E-state index is -1.04. The van der Waals surface area contributed by atoms with Gasteiger partial charge >= 0.3 is 12.1 Å². The minimum Gasteiger partial charge on any atom is -0.476 e. The van der Waals surface area contributed by atoms with Gasteiger partial charge < -0.3 is 14.7 Å². The number of H-pyrrole nitrogens is 1. The molecule has 1 aliphatic rings. The van der Waals surface area contributed by atoms with Crippen LogP contribution >= 0.6 is 0 Å². The summed E-state index contributed by atoms with van der Waals surface area (Å²) < 4.78 is 5.13. The van der Waals surface area contributed by atoms with Crippen LogP contribution < -0.4 is 0 Å². The summed E-state index contributed by atoms with van der Waals surface area (Å²) in [5.74, 6) is -1.04. The molecule has 0 saturated heterocycles. The fraction of sp³-hybridized carbons (Fsp3) is 0.583. The standard InChI is InChI=1S/C12H17N3O4/c1-2-3-6-19-12(18)15-5-4-8-9(7-15)13-14-10(8)11(16)17/h2-7H2,1H3,(H,13,14)(H,16,17). The molecule has 0 saturated carbocycles. The Morgan fingerprint density at radius 1 is 1.53 bits per heavy atom. The molecular formula is C12H17N3O4. The Morgan fingerprint density at radius 3 is 3.00 bits per heavy atom. The summed E-state index contributed by atoms with van der Waals surface area (Å²) in [6.07, 6.45) is 1.94. The third-order valence-corrected chi connectivity index (χ3v) is 3.12. The number of nitrogens with one attached hydrogen (secondary N) is 1. The molecule has 0 atom stereocenters. The Hall–Kier alpha value is -2.05. The topological polar surface area (TPSA) is 95.5 Å². The zero-order valence-electron chi connectivity index (χ0n) is 10.8. The fourth-order valence-corrected chi connectivity index (χ4v) is 2.05. The summed E-state index contributed by atoms with van der Waals surface area (Å²) in [5, 5.41) is 15.4. The van der Waals surface area contributed by atoms with Gasteiger partial charge in [-0.25, -0.2) is 9.59 Å². The van der Waals surface area contributed by atoms with Gasteiger partial charge in [0.2, 0.25) is 0 Å². The summed E-state index contributed by atoms with van der Waals surface area (Å²) >= 11 is 0. The van der Waals surface area contributed by atoms with Crippen LogP contribution in [0.3, 0.4) is 0 Å². The van der Waals surface area contributed by atoms with Crippen LogP contribution in [0, 0.1) is 0 Å². The summed E-state index contributed by atoms with van der Waals surface area (Å²) in [5.41, 5.74) is 1.41. The Kier molecular flexibility index (Phi) is 4.03. The summed E-state index contributed by atoms with van der Waals surface area (Å²) in [7, 11) is 0.